The molecule has 0 aromatic carbocycles. The van der Waals surface area contributed by atoms with Gasteiger partial charge in [-0.25, -0.2) is 0 Å². The number of allylic oxidation sites excluding steroid dienone is 4. The molecule has 0 aromatic rings. The lowest BCUT2D eigenvalue weighted by molar-refractivity contribution is -0.00527. The van der Waals surface area contributed by atoms with Crippen LogP contribution >= 0.6 is 0 Å². The van der Waals surface area contributed by atoms with Gasteiger partial charge in [-0.15, -0.1) is 0 Å². The van der Waals surface area contributed by atoms with E-state index in [1.807, 2.05) is 5.57 Å². The zero-order valence-electron chi connectivity index (χ0n) is 32.2. The summed E-state index contributed by atoms with van der Waals surface area (Å²) >= 11 is 0. The number of fused-ring (bicyclic) bond motifs is 3. The first kappa shape index (κ1) is 35.8. The molecule has 1 heteroatoms. The van der Waals surface area contributed by atoms with E-state index in [-0.39, 0.29) is 0 Å². The molecule has 0 aromatic heterocycles. The Morgan fingerprint density at radius 1 is 0.646 bits per heavy atom. The lowest BCUT2D eigenvalue weighted by atomic mass is 9.55. The van der Waals surface area contributed by atoms with Gasteiger partial charge in [-0.2, -0.15) is 0 Å². The third-order valence-electron chi connectivity index (χ3n) is 17.2. The maximum Gasteiger partial charge on any atom is 0.00980 e. The second-order valence-electron chi connectivity index (χ2n) is 19.3. The lowest BCUT2D eigenvalue weighted by Gasteiger charge is -2.50. The van der Waals surface area contributed by atoms with Gasteiger partial charge in [0.05, 0.1) is 0 Å². The maximum absolute atomic E-state index is 4.39. The van der Waals surface area contributed by atoms with Crippen molar-refractivity contribution in [3.63, 3.8) is 0 Å². The predicted octanol–water partition coefficient (Wildman–Crippen LogP) is 13.3. The van der Waals surface area contributed by atoms with Crippen LogP contribution in [-0.4, -0.2) is 12.6 Å². The van der Waals surface area contributed by atoms with Crippen molar-refractivity contribution in [1.82, 2.24) is 5.32 Å². The Balaban J connectivity index is 0.986. The van der Waals surface area contributed by atoms with E-state index in [1.165, 1.54) is 141 Å². The Bertz CT molecular complexity index is 1030. The quantitative estimate of drug-likeness (QED) is 0.206. The standard InChI is InChI=1S/C47H79N/c1-4-34(5-2)43-30-29-42(45-18-10-11-19-46(43)45)33(3)21-22-41(32-48-47-20-12-16-38-14-8-9-17-44(38)47)37-25-23-36(24-26-37)40-28-27-35-13-6-7-15-39(35)31-40/h6,13,31,33-38,40-48H,4-5,7-12,14-30,32H2,1-3H3. The van der Waals surface area contributed by atoms with Crippen LogP contribution in [0.25, 0.3) is 0 Å². The number of rotatable bonds is 12. The Labute approximate surface area is 299 Å². The van der Waals surface area contributed by atoms with E-state index in [0.29, 0.717) is 0 Å². The summed E-state index contributed by atoms with van der Waals surface area (Å²) in [7, 11) is 0. The highest BCUT2D eigenvalue weighted by Gasteiger charge is 2.44. The van der Waals surface area contributed by atoms with Gasteiger partial charge in [-0.1, -0.05) is 109 Å². The summed E-state index contributed by atoms with van der Waals surface area (Å²) in [4.78, 5) is 0. The Hall–Kier alpha value is -0.560. The summed E-state index contributed by atoms with van der Waals surface area (Å²) in [6.07, 6.45) is 45.1. The molecule has 48 heavy (non-hydrogen) atoms. The summed E-state index contributed by atoms with van der Waals surface area (Å²) in [6, 6.07) is 0.829. The van der Waals surface area contributed by atoms with E-state index >= 15 is 0 Å². The van der Waals surface area contributed by atoms with Crippen molar-refractivity contribution < 1.29 is 0 Å². The van der Waals surface area contributed by atoms with Gasteiger partial charge in [0.15, 0.2) is 0 Å². The molecule has 7 rings (SSSR count). The summed E-state index contributed by atoms with van der Waals surface area (Å²) in [5.74, 6) is 12.7. The second-order valence-corrected chi connectivity index (χ2v) is 19.3. The highest BCUT2D eigenvalue weighted by atomic mass is 14.9. The smallest absolute Gasteiger partial charge is 0.00980 e. The van der Waals surface area contributed by atoms with Crippen molar-refractivity contribution in [2.24, 2.45) is 76.9 Å². The van der Waals surface area contributed by atoms with Crippen LogP contribution in [-0.2, 0) is 0 Å². The molecule has 11 unspecified atom stereocenters. The molecule has 0 amide bonds. The van der Waals surface area contributed by atoms with Crippen LogP contribution < -0.4 is 5.32 Å². The zero-order valence-corrected chi connectivity index (χ0v) is 32.2. The van der Waals surface area contributed by atoms with Gasteiger partial charge in [0.2, 0.25) is 0 Å². The molecule has 0 heterocycles. The van der Waals surface area contributed by atoms with Gasteiger partial charge in [0, 0.05) is 6.04 Å². The SMILES string of the molecule is CCC(CC)C1CCC(C(C)CCC(CNC2CCCC3CCCCC32)C2CCC(C3C=C4CCC=CC4CC3)CC2)C2CCCCC12. The second kappa shape index (κ2) is 17.3. The minimum Gasteiger partial charge on any atom is -0.313 e. The van der Waals surface area contributed by atoms with Crippen molar-refractivity contribution >= 4 is 0 Å². The van der Waals surface area contributed by atoms with E-state index in [2.05, 4.69) is 44.3 Å². The highest BCUT2D eigenvalue weighted by molar-refractivity contribution is 5.22. The normalized spacial score (nSPS) is 41.5. The molecule has 5 saturated carbocycles. The Morgan fingerprint density at radius 2 is 1.35 bits per heavy atom. The van der Waals surface area contributed by atoms with E-state index in [9.17, 15) is 0 Å². The molecule has 0 spiro atoms. The average Bonchev–Trinajstić information content (AvgIpc) is 3.15. The van der Waals surface area contributed by atoms with Gasteiger partial charge >= 0.3 is 0 Å². The molecule has 0 saturated heterocycles. The van der Waals surface area contributed by atoms with Crippen LogP contribution in [0.1, 0.15) is 181 Å². The zero-order chi connectivity index (χ0) is 32.9. The van der Waals surface area contributed by atoms with Crippen LogP contribution in [0.5, 0.6) is 0 Å². The minimum atomic E-state index is 0.797. The molecule has 5 fully saturated rings. The molecule has 0 bridgehead atoms. The summed E-state index contributed by atoms with van der Waals surface area (Å²) in [6.45, 7) is 9.04. The van der Waals surface area contributed by atoms with Crippen LogP contribution in [0.4, 0.5) is 0 Å². The van der Waals surface area contributed by atoms with Crippen LogP contribution in [0.2, 0.25) is 0 Å². The highest BCUT2D eigenvalue weighted by Crippen LogP contribution is 2.53. The number of hydrogen-bond acceptors (Lipinski definition) is 1. The van der Waals surface area contributed by atoms with Crippen molar-refractivity contribution in [3.05, 3.63) is 23.8 Å². The molecule has 1 nitrogen and oxygen atoms in total. The van der Waals surface area contributed by atoms with Crippen molar-refractivity contribution in [2.75, 3.05) is 6.54 Å². The molecule has 272 valence electrons. The van der Waals surface area contributed by atoms with Crippen molar-refractivity contribution in [3.8, 4) is 0 Å². The molecule has 0 radical (unpaired) electrons. The molecule has 0 aliphatic heterocycles. The first-order chi connectivity index (χ1) is 23.6. The summed E-state index contributed by atoms with van der Waals surface area (Å²) in [5, 5.41) is 4.39. The monoisotopic (exact) mass is 658 g/mol. The fraction of sp³-hybridized carbons (Fsp3) is 0.915. The first-order valence-electron chi connectivity index (χ1n) is 22.7. The molecular weight excluding hydrogens is 579 g/mol. The van der Waals surface area contributed by atoms with Gasteiger partial charge in [0.1, 0.15) is 0 Å². The lowest BCUT2D eigenvalue weighted by Crippen LogP contribution is -2.46. The molecule has 1 N–H and O–H groups in total. The largest absolute Gasteiger partial charge is 0.313 e. The fourth-order valence-corrected chi connectivity index (χ4v) is 14.4. The van der Waals surface area contributed by atoms with Crippen molar-refractivity contribution in [1.29, 1.82) is 0 Å². The van der Waals surface area contributed by atoms with Gasteiger partial charge in [-0.3, -0.25) is 0 Å². The summed E-state index contributed by atoms with van der Waals surface area (Å²) in [5.41, 5.74) is 1.81. The van der Waals surface area contributed by atoms with Crippen LogP contribution in [0.3, 0.4) is 0 Å². The van der Waals surface area contributed by atoms with Crippen molar-refractivity contribution in [2.45, 2.75) is 187 Å². The predicted molar refractivity (Wildman–Crippen MR) is 207 cm³/mol. The average molecular weight is 658 g/mol. The van der Waals surface area contributed by atoms with Gasteiger partial charge in [0.25, 0.3) is 0 Å². The molecule has 7 aliphatic carbocycles. The van der Waals surface area contributed by atoms with Gasteiger partial charge in [-0.05, 0) is 180 Å². The maximum atomic E-state index is 4.39. The van der Waals surface area contributed by atoms with E-state index in [1.54, 1.807) is 25.7 Å². The van der Waals surface area contributed by atoms with Crippen LogP contribution in [0, 0.1) is 76.9 Å². The van der Waals surface area contributed by atoms with E-state index in [0.717, 1.165) is 83.0 Å². The first-order valence-corrected chi connectivity index (χ1v) is 22.7. The Kier molecular flexibility index (Phi) is 12.9. The Morgan fingerprint density at radius 3 is 2.15 bits per heavy atom. The third kappa shape index (κ3) is 8.23. The van der Waals surface area contributed by atoms with Gasteiger partial charge < -0.3 is 5.32 Å². The van der Waals surface area contributed by atoms with E-state index in [4.69, 9.17) is 0 Å². The van der Waals surface area contributed by atoms with E-state index < -0.39 is 0 Å². The van der Waals surface area contributed by atoms with Crippen LogP contribution in [0.15, 0.2) is 23.8 Å². The third-order valence-corrected chi connectivity index (χ3v) is 17.2. The molecule has 7 aliphatic rings. The number of hydrogen-bond donors (Lipinski definition) is 1. The minimum absolute atomic E-state index is 0.797. The number of nitrogens with one attached hydrogen (secondary N) is 1. The molecular formula is C47H79N. The molecule has 11 atom stereocenters. The topological polar surface area (TPSA) is 12.0 Å². The summed E-state index contributed by atoms with van der Waals surface area (Å²) < 4.78 is 0. The fourth-order valence-electron chi connectivity index (χ4n) is 14.4.